The highest BCUT2D eigenvalue weighted by molar-refractivity contribution is 5.11. The lowest BCUT2D eigenvalue weighted by atomic mass is 9.95. The van der Waals surface area contributed by atoms with Crippen LogP contribution >= 0.6 is 0 Å². The zero-order valence-corrected chi connectivity index (χ0v) is 9.61. The van der Waals surface area contributed by atoms with E-state index in [-0.39, 0.29) is 0 Å². The standard InChI is InChI=1S/C7H8.C6H10N2O/c1-7-5-3-2-4-6-7;7-5-6(9)1-3-8-4-2-6/h2-6H,1H3;8-9H,1-4H2. The molecule has 0 spiro atoms. The van der Waals surface area contributed by atoms with Crippen molar-refractivity contribution in [3.63, 3.8) is 0 Å². The van der Waals surface area contributed by atoms with Gasteiger partial charge in [0, 0.05) is 12.8 Å². The van der Waals surface area contributed by atoms with E-state index < -0.39 is 5.60 Å². The molecule has 1 aliphatic heterocycles. The lowest BCUT2D eigenvalue weighted by molar-refractivity contribution is 0.0658. The van der Waals surface area contributed by atoms with Crippen molar-refractivity contribution < 1.29 is 5.11 Å². The Kier molecular flexibility index (Phi) is 4.97. The average Bonchev–Trinajstić information content (AvgIpc) is 2.32. The third-order valence-corrected chi connectivity index (χ3v) is 2.58. The van der Waals surface area contributed by atoms with Crippen LogP contribution in [0.25, 0.3) is 0 Å². The number of hydrogen-bond donors (Lipinski definition) is 2. The third-order valence-electron chi connectivity index (χ3n) is 2.58. The first-order valence-electron chi connectivity index (χ1n) is 5.52. The molecule has 1 fully saturated rings. The number of aryl methyl sites for hydroxylation is 1. The van der Waals surface area contributed by atoms with E-state index in [1.165, 1.54) is 5.56 Å². The van der Waals surface area contributed by atoms with Gasteiger partial charge in [-0.2, -0.15) is 5.26 Å². The van der Waals surface area contributed by atoms with Crippen LogP contribution in [0.3, 0.4) is 0 Å². The molecule has 2 rings (SSSR count). The van der Waals surface area contributed by atoms with Gasteiger partial charge in [0.15, 0.2) is 5.60 Å². The maximum absolute atomic E-state index is 9.28. The van der Waals surface area contributed by atoms with Crippen molar-refractivity contribution >= 4 is 0 Å². The van der Waals surface area contributed by atoms with Crippen LogP contribution in [0.2, 0.25) is 0 Å². The average molecular weight is 218 g/mol. The van der Waals surface area contributed by atoms with Gasteiger partial charge in [-0.3, -0.25) is 0 Å². The molecule has 3 nitrogen and oxygen atoms in total. The monoisotopic (exact) mass is 218 g/mol. The molecule has 2 N–H and O–H groups in total. The summed E-state index contributed by atoms with van der Waals surface area (Å²) in [6.45, 7) is 3.59. The Bertz CT molecular complexity index is 337. The van der Waals surface area contributed by atoms with Crippen molar-refractivity contribution in [3.05, 3.63) is 35.9 Å². The Morgan fingerprint density at radius 2 is 1.81 bits per heavy atom. The van der Waals surface area contributed by atoms with Crippen LogP contribution in [-0.4, -0.2) is 23.8 Å². The van der Waals surface area contributed by atoms with E-state index in [0.29, 0.717) is 12.8 Å². The van der Waals surface area contributed by atoms with E-state index >= 15 is 0 Å². The number of aliphatic hydroxyl groups is 1. The van der Waals surface area contributed by atoms with E-state index in [0.717, 1.165) is 13.1 Å². The molecular weight excluding hydrogens is 200 g/mol. The molecule has 0 radical (unpaired) electrons. The second-order valence-electron chi connectivity index (χ2n) is 4.05. The summed E-state index contributed by atoms with van der Waals surface area (Å²) in [6.07, 6.45) is 1.12. The van der Waals surface area contributed by atoms with Crippen molar-refractivity contribution in [2.75, 3.05) is 13.1 Å². The number of rotatable bonds is 0. The smallest absolute Gasteiger partial charge is 0.153 e. The zero-order valence-electron chi connectivity index (χ0n) is 9.61. The van der Waals surface area contributed by atoms with Crippen molar-refractivity contribution in [2.24, 2.45) is 0 Å². The molecule has 1 heterocycles. The minimum atomic E-state index is -1.04. The van der Waals surface area contributed by atoms with Gasteiger partial charge in [0.05, 0.1) is 6.07 Å². The van der Waals surface area contributed by atoms with Crippen LogP contribution in [0.5, 0.6) is 0 Å². The normalized spacial score (nSPS) is 17.8. The summed E-state index contributed by atoms with van der Waals surface area (Å²) in [6, 6.07) is 12.2. The molecule has 1 aliphatic rings. The summed E-state index contributed by atoms with van der Waals surface area (Å²) in [5, 5.41) is 20.8. The number of benzene rings is 1. The fraction of sp³-hybridized carbons (Fsp3) is 0.462. The van der Waals surface area contributed by atoms with Gasteiger partial charge >= 0.3 is 0 Å². The molecule has 1 aromatic carbocycles. The predicted molar refractivity (Wildman–Crippen MR) is 63.8 cm³/mol. The highest BCUT2D eigenvalue weighted by atomic mass is 16.3. The molecule has 0 saturated carbocycles. The Morgan fingerprint density at radius 3 is 2.12 bits per heavy atom. The van der Waals surface area contributed by atoms with E-state index in [1.807, 2.05) is 24.3 Å². The quantitative estimate of drug-likeness (QED) is 0.651. The van der Waals surface area contributed by atoms with Gasteiger partial charge in [0.25, 0.3) is 0 Å². The second kappa shape index (κ2) is 6.26. The van der Waals surface area contributed by atoms with Crippen molar-refractivity contribution in [1.29, 1.82) is 5.26 Å². The molecule has 1 saturated heterocycles. The van der Waals surface area contributed by atoms with Crippen molar-refractivity contribution in [2.45, 2.75) is 25.4 Å². The minimum Gasteiger partial charge on any atom is -0.375 e. The number of nitrogens with zero attached hydrogens (tertiary/aromatic N) is 1. The van der Waals surface area contributed by atoms with Crippen LogP contribution in [0.1, 0.15) is 18.4 Å². The fourth-order valence-electron chi connectivity index (χ4n) is 1.49. The molecule has 0 bridgehead atoms. The van der Waals surface area contributed by atoms with E-state index in [9.17, 15) is 5.11 Å². The van der Waals surface area contributed by atoms with Crippen molar-refractivity contribution in [1.82, 2.24) is 5.32 Å². The predicted octanol–water partition coefficient (Wildman–Crippen LogP) is 1.62. The maximum Gasteiger partial charge on any atom is 0.153 e. The van der Waals surface area contributed by atoms with E-state index in [1.54, 1.807) is 0 Å². The lowest BCUT2D eigenvalue weighted by Crippen LogP contribution is -2.40. The second-order valence-corrected chi connectivity index (χ2v) is 4.05. The van der Waals surface area contributed by atoms with Gasteiger partial charge in [-0.1, -0.05) is 35.9 Å². The molecule has 1 aromatic rings. The first-order valence-corrected chi connectivity index (χ1v) is 5.52. The highest BCUT2D eigenvalue weighted by Gasteiger charge is 2.27. The molecule has 0 aromatic heterocycles. The Hall–Kier alpha value is -1.37. The highest BCUT2D eigenvalue weighted by Crippen LogP contribution is 2.15. The Labute approximate surface area is 96.7 Å². The topological polar surface area (TPSA) is 56.0 Å². The molecule has 3 heteroatoms. The van der Waals surface area contributed by atoms with Crippen LogP contribution < -0.4 is 5.32 Å². The van der Waals surface area contributed by atoms with E-state index in [2.05, 4.69) is 24.4 Å². The summed E-state index contributed by atoms with van der Waals surface area (Å²) in [5.41, 5.74) is 0.285. The Balaban J connectivity index is 0.000000165. The van der Waals surface area contributed by atoms with E-state index in [4.69, 9.17) is 5.26 Å². The number of nitriles is 1. The summed E-state index contributed by atoms with van der Waals surface area (Å²) in [5.74, 6) is 0. The van der Waals surface area contributed by atoms with Gasteiger partial charge in [0.2, 0.25) is 0 Å². The summed E-state index contributed by atoms with van der Waals surface area (Å²) >= 11 is 0. The van der Waals surface area contributed by atoms with Crippen LogP contribution in [0.15, 0.2) is 30.3 Å². The SMILES string of the molecule is Cc1ccccc1.N#CC1(O)CCNCC1. The Morgan fingerprint density at radius 1 is 1.25 bits per heavy atom. The minimum absolute atomic E-state index is 0.559. The van der Waals surface area contributed by atoms with Gasteiger partial charge in [-0.15, -0.1) is 0 Å². The molecule has 0 amide bonds. The number of piperidine rings is 1. The molecular formula is C13H18N2O. The van der Waals surface area contributed by atoms with Crippen LogP contribution in [-0.2, 0) is 0 Å². The molecule has 0 aliphatic carbocycles. The van der Waals surface area contributed by atoms with Gasteiger partial charge < -0.3 is 10.4 Å². The molecule has 86 valence electrons. The maximum atomic E-state index is 9.28. The first kappa shape index (κ1) is 12.7. The summed E-state index contributed by atoms with van der Waals surface area (Å²) in [4.78, 5) is 0. The van der Waals surface area contributed by atoms with Crippen LogP contribution in [0.4, 0.5) is 0 Å². The lowest BCUT2D eigenvalue weighted by Gasteiger charge is -2.25. The summed E-state index contributed by atoms with van der Waals surface area (Å²) < 4.78 is 0. The number of nitrogens with one attached hydrogen (secondary N) is 1. The summed E-state index contributed by atoms with van der Waals surface area (Å²) in [7, 11) is 0. The molecule has 0 unspecified atom stereocenters. The zero-order chi connectivity index (χ0) is 11.9. The largest absolute Gasteiger partial charge is 0.375 e. The van der Waals surface area contributed by atoms with Gasteiger partial charge in [0.1, 0.15) is 0 Å². The van der Waals surface area contributed by atoms with Gasteiger partial charge in [-0.25, -0.2) is 0 Å². The fourth-order valence-corrected chi connectivity index (χ4v) is 1.49. The molecule has 0 atom stereocenters. The van der Waals surface area contributed by atoms with Crippen molar-refractivity contribution in [3.8, 4) is 6.07 Å². The van der Waals surface area contributed by atoms with Gasteiger partial charge in [-0.05, 0) is 20.0 Å². The first-order chi connectivity index (χ1) is 7.66. The van der Waals surface area contributed by atoms with Crippen LogP contribution in [0, 0.1) is 18.3 Å². The third kappa shape index (κ3) is 4.43. The number of hydrogen-bond acceptors (Lipinski definition) is 3. The molecule has 16 heavy (non-hydrogen) atoms.